The molecule has 4 nitrogen and oxygen atoms in total. The van der Waals surface area contributed by atoms with Crippen molar-refractivity contribution in [1.82, 2.24) is 0 Å². The van der Waals surface area contributed by atoms with Crippen LogP contribution in [0.2, 0.25) is 0 Å². The molecule has 1 aliphatic rings. The molecule has 154 valence electrons. The lowest BCUT2D eigenvalue weighted by Gasteiger charge is -2.29. The molecule has 2 N–H and O–H groups in total. The Labute approximate surface area is 165 Å². The summed E-state index contributed by atoms with van der Waals surface area (Å²) in [5, 5.41) is -0.257. The van der Waals surface area contributed by atoms with E-state index in [9.17, 15) is 8.42 Å². The highest BCUT2D eigenvalue weighted by atomic mass is 32.2. The zero-order valence-corrected chi connectivity index (χ0v) is 18.1. The number of sulfone groups is 1. The summed E-state index contributed by atoms with van der Waals surface area (Å²) >= 11 is 0. The molecule has 0 spiro atoms. The molecule has 0 aliphatic heterocycles. The van der Waals surface area contributed by atoms with Crippen molar-refractivity contribution in [3.63, 3.8) is 0 Å². The van der Waals surface area contributed by atoms with Gasteiger partial charge in [0.2, 0.25) is 0 Å². The summed E-state index contributed by atoms with van der Waals surface area (Å²) in [5.41, 5.74) is 8.23. The summed E-state index contributed by atoms with van der Waals surface area (Å²) in [6, 6.07) is 6.06. The number of ether oxygens (including phenoxy) is 1. The molecule has 0 amide bonds. The molecule has 0 heterocycles. The van der Waals surface area contributed by atoms with Gasteiger partial charge in [0.15, 0.2) is 9.84 Å². The molecule has 1 aromatic rings. The Morgan fingerprint density at radius 3 is 2.41 bits per heavy atom. The molecule has 0 saturated heterocycles. The van der Waals surface area contributed by atoms with Gasteiger partial charge < -0.3 is 10.5 Å². The Kier molecular flexibility index (Phi) is 8.46. The van der Waals surface area contributed by atoms with E-state index in [2.05, 4.69) is 13.0 Å². The van der Waals surface area contributed by atoms with Crippen molar-refractivity contribution in [2.24, 2.45) is 11.8 Å². The van der Waals surface area contributed by atoms with Crippen LogP contribution in [0.1, 0.15) is 71.3 Å². The van der Waals surface area contributed by atoms with Crippen molar-refractivity contribution in [3.8, 4) is 5.75 Å². The highest BCUT2D eigenvalue weighted by molar-refractivity contribution is 7.91. The minimum absolute atomic E-state index is 0.257. The zero-order valence-electron chi connectivity index (χ0n) is 17.2. The molecule has 5 heteroatoms. The van der Waals surface area contributed by atoms with E-state index >= 15 is 0 Å². The fourth-order valence-corrected chi connectivity index (χ4v) is 5.17. The first-order valence-electron chi connectivity index (χ1n) is 10.5. The van der Waals surface area contributed by atoms with Crippen LogP contribution in [0, 0.1) is 11.8 Å². The molecule has 1 aromatic carbocycles. The molecular weight excluding hydrogens is 358 g/mol. The molecule has 2 rings (SSSR count). The zero-order chi connectivity index (χ0) is 19.9. The second-order valence-corrected chi connectivity index (χ2v) is 11.0. The van der Waals surface area contributed by atoms with Gasteiger partial charge in [-0.15, -0.1) is 0 Å². The lowest BCUT2D eigenvalue weighted by atomic mass is 9.80. The van der Waals surface area contributed by atoms with E-state index in [1.165, 1.54) is 5.56 Å². The van der Waals surface area contributed by atoms with Crippen molar-refractivity contribution < 1.29 is 13.2 Å². The van der Waals surface area contributed by atoms with Crippen molar-refractivity contribution in [3.05, 3.63) is 23.8 Å². The van der Waals surface area contributed by atoms with Crippen LogP contribution in [0.15, 0.2) is 18.2 Å². The van der Waals surface area contributed by atoms with Gasteiger partial charge in [-0.1, -0.05) is 32.3 Å². The number of hydrogen-bond donors (Lipinski definition) is 1. The molecule has 0 aromatic heterocycles. The number of nitrogens with two attached hydrogens (primary N) is 1. The predicted molar refractivity (Wildman–Crippen MR) is 114 cm³/mol. The van der Waals surface area contributed by atoms with Crippen LogP contribution in [0.3, 0.4) is 0 Å². The first-order valence-corrected chi connectivity index (χ1v) is 12.3. The summed E-state index contributed by atoms with van der Waals surface area (Å²) in [6.07, 6.45) is 8.64. The topological polar surface area (TPSA) is 69.4 Å². The molecule has 1 saturated carbocycles. The predicted octanol–water partition coefficient (Wildman–Crippen LogP) is 5.01. The highest BCUT2D eigenvalue weighted by Crippen LogP contribution is 2.33. The van der Waals surface area contributed by atoms with Gasteiger partial charge in [-0.3, -0.25) is 0 Å². The number of anilines is 1. The van der Waals surface area contributed by atoms with E-state index in [1.807, 2.05) is 12.1 Å². The van der Waals surface area contributed by atoms with E-state index in [4.69, 9.17) is 10.5 Å². The number of nitrogen functional groups attached to an aromatic ring is 1. The number of hydrogen-bond acceptors (Lipinski definition) is 4. The van der Waals surface area contributed by atoms with Gasteiger partial charge in [0.1, 0.15) is 5.75 Å². The summed E-state index contributed by atoms with van der Waals surface area (Å²) < 4.78 is 29.9. The quantitative estimate of drug-likeness (QED) is 0.446. The summed E-state index contributed by atoms with van der Waals surface area (Å²) in [7, 11) is -2.92. The van der Waals surface area contributed by atoms with E-state index < -0.39 is 9.84 Å². The standard InChI is InChI=1S/C22H37NO3S/c1-4-5-14-26-21-13-12-20(22(23)15-21)11-10-18-6-8-19(9-7-18)16-27(24,25)17(2)3/h12-13,15,17-19H,4-11,14,16,23H2,1-3H3. The van der Waals surface area contributed by atoms with Gasteiger partial charge in [0.25, 0.3) is 0 Å². The molecule has 1 aliphatic carbocycles. The van der Waals surface area contributed by atoms with Gasteiger partial charge in [0, 0.05) is 11.8 Å². The minimum atomic E-state index is -2.92. The van der Waals surface area contributed by atoms with Gasteiger partial charge in [-0.05, 0) is 69.4 Å². The summed E-state index contributed by atoms with van der Waals surface area (Å²) in [5.74, 6) is 2.25. The van der Waals surface area contributed by atoms with Crippen LogP contribution >= 0.6 is 0 Å². The average Bonchev–Trinajstić information content (AvgIpc) is 2.62. The summed E-state index contributed by atoms with van der Waals surface area (Å²) in [4.78, 5) is 0. The fraction of sp³-hybridized carbons (Fsp3) is 0.727. The number of unbranched alkanes of at least 4 members (excludes halogenated alkanes) is 1. The smallest absolute Gasteiger partial charge is 0.152 e. The Morgan fingerprint density at radius 1 is 1.15 bits per heavy atom. The molecule has 0 bridgehead atoms. The maximum atomic E-state index is 12.1. The van der Waals surface area contributed by atoms with Crippen LogP contribution in [-0.2, 0) is 16.3 Å². The van der Waals surface area contributed by atoms with Gasteiger partial charge in [-0.2, -0.15) is 0 Å². The first kappa shape index (κ1) is 22.1. The van der Waals surface area contributed by atoms with Crippen LogP contribution in [0.25, 0.3) is 0 Å². The molecule has 27 heavy (non-hydrogen) atoms. The number of rotatable bonds is 10. The van der Waals surface area contributed by atoms with Crippen molar-refractivity contribution >= 4 is 15.5 Å². The van der Waals surface area contributed by atoms with Crippen LogP contribution in [0.5, 0.6) is 5.75 Å². The van der Waals surface area contributed by atoms with E-state index in [1.54, 1.807) is 13.8 Å². The third-order valence-electron chi connectivity index (χ3n) is 5.86. The van der Waals surface area contributed by atoms with Crippen LogP contribution < -0.4 is 10.5 Å². The average molecular weight is 396 g/mol. The maximum absolute atomic E-state index is 12.1. The lowest BCUT2D eigenvalue weighted by Crippen LogP contribution is -2.26. The Hall–Kier alpha value is -1.23. The first-order chi connectivity index (χ1) is 12.8. The number of aryl methyl sites for hydroxylation is 1. The summed E-state index contributed by atoms with van der Waals surface area (Å²) in [6.45, 7) is 6.46. The second-order valence-electron chi connectivity index (χ2n) is 8.37. The molecule has 1 fully saturated rings. The molecule has 0 radical (unpaired) electrons. The lowest BCUT2D eigenvalue weighted by molar-refractivity contribution is 0.278. The van der Waals surface area contributed by atoms with Gasteiger partial charge in [0.05, 0.1) is 17.6 Å². The van der Waals surface area contributed by atoms with E-state index in [-0.39, 0.29) is 5.25 Å². The van der Waals surface area contributed by atoms with Crippen molar-refractivity contribution in [2.75, 3.05) is 18.1 Å². The van der Waals surface area contributed by atoms with Gasteiger partial charge in [-0.25, -0.2) is 8.42 Å². The molecule has 0 atom stereocenters. The highest BCUT2D eigenvalue weighted by Gasteiger charge is 2.27. The van der Waals surface area contributed by atoms with Crippen LogP contribution in [-0.4, -0.2) is 26.0 Å². The maximum Gasteiger partial charge on any atom is 0.152 e. The van der Waals surface area contributed by atoms with Crippen LogP contribution in [0.4, 0.5) is 5.69 Å². The van der Waals surface area contributed by atoms with E-state index in [0.29, 0.717) is 17.6 Å². The number of benzene rings is 1. The second kappa shape index (κ2) is 10.4. The largest absolute Gasteiger partial charge is 0.494 e. The monoisotopic (exact) mass is 395 g/mol. The minimum Gasteiger partial charge on any atom is -0.494 e. The fourth-order valence-electron chi connectivity index (χ4n) is 3.79. The Morgan fingerprint density at radius 2 is 1.81 bits per heavy atom. The third-order valence-corrected chi connectivity index (χ3v) is 8.23. The van der Waals surface area contributed by atoms with Crippen molar-refractivity contribution in [2.45, 2.75) is 77.4 Å². The van der Waals surface area contributed by atoms with Gasteiger partial charge >= 0.3 is 0 Å². The molecular formula is C22H37NO3S. The third kappa shape index (κ3) is 7.02. The Bertz CT molecular complexity index is 677. The SMILES string of the molecule is CCCCOc1ccc(CCC2CCC(CS(=O)(=O)C(C)C)CC2)c(N)c1. The van der Waals surface area contributed by atoms with Crippen molar-refractivity contribution in [1.29, 1.82) is 0 Å². The van der Waals surface area contributed by atoms with E-state index in [0.717, 1.165) is 69.4 Å². The molecule has 0 unspecified atom stereocenters. The Balaban J connectivity index is 1.76. The normalized spacial score (nSPS) is 20.7.